The van der Waals surface area contributed by atoms with Gasteiger partial charge in [0, 0.05) is 19.5 Å². The summed E-state index contributed by atoms with van der Waals surface area (Å²) in [6.07, 6.45) is 3.35. The molecule has 0 atom stereocenters. The number of primary sulfonamides is 1. The Labute approximate surface area is 199 Å². The van der Waals surface area contributed by atoms with E-state index in [1.54, 1.807) is 13.2 Å². The van der Waals surface area contributed by atoms with Crippen molar-refractivity contribution in [1.29, 1.82) is 0 Å². The van der Waals surface area contributed by atoms with Gasteiger partial charge < -0.3 is 24.3 Å². The van der Waals surface area contributed by atoms with Crippen molar-refractivity contribution in [3.63, 3.8) is 0 Å². The molecular weight excluding hydrogens is 460 g/mol. The quantitative estimate of drug-likeness (QED) is 0.364. The van der Waals surface area contributed by atoms with Gasteiger partial charge in [-0.2, -0.15) is 0 Å². The van der Waals surface area contributed by atoms with E-state index in [4.69, 9.17) is 14.6 Å². The first kappa shape index (κ1) is 25.5. The summed E-state index contributed by atoms with van der Waals surface area (Å²) in [6.45, 7) is 1.04. The molecule has 10 heteroatoms. The summed E-state index contributed by atoms with van der Waals surface area (Å²) in [7, 11) is -2.44. The van der Waals surface area contributed by atoms with Crippen molar-refractivity contribution < 1.29 is 32.6 Å². The average Bonchev–Trinajstić information content (AvgIpc) is 2.81. The van der Waals surface area contributed by atoms with Crippen LogP contribution in [0.15, 0.2) is 35.2 Å². The molecule has 0 radical (unpaired) electrons. The summed E-state index contributed by atoms with van der Waals surface area (Å²) in [5.41, 5.74) is 3.03. The average molecular weight is 491 g/mol. The second-order valence-corrected chi connectivity index (χ2v) is 9.70. The molecule has 0 aromatic heterocycles. The highest BCUT2D eigenvalue weighted by Crippen LogP contribution is 2.37. The molecule has 0 saturated carbocycles. The number of aldehydes is 1. The number of aryl methyl sites for hydroxylation is 1. The molecule has 2 aromatic carbocycles. The molecule has 1 heterocycles. The normalized spacial score (nSPS) is 13.0. The largest absolute Gasteiger partial charge is 0.496 e. The van der Waals surface area contributed by atoms with Crippen LogP contribution in [0.25, 0.3) is 11.1 Å². The number of carbonyl (C=O) groups is 2. The van der Waals surface area contributed by atoms with Crippen molar-refractivity contribution in [2.45, 2.75) is 43.4 Å². The smallest absolute Gasteiger partial charge is 0.407 e. The number of hydrogen-bond acceptors (Lipinski definition) is 6. The van der Waals surface area contributed by atoms with Crippen LogP contribution in [0.5, 0.6) is 11.5 Å². The van der Waals surface area contributed by atoms with E-state index in [1.165, 1.54) is 11.0 Å². The monoisotopic (exact) mass is 490 g/mol. The van der Waals surface area contributed by atoms with Gasteiger partial charge >= 0.3 is 6.09 Å². The first-order chi connectivity index (χ1) is 16.2. The number of rotatable bonds is 11. The van der Waals surface area contributed by atoms with Crippen LogP contribution in [0.3, 0.4) is 0 Å². The lowest BCUT2D eigenvalue weighted by Crippen LogP contribution is -2.32. The minimum absolute atomic E-state index is 0.0376. The number of ether oxygens (including phenoxy) is 2. The molecule has 0 unspecified atom stereocenters. The molecule has 184 valence electrons. The van der Waals surface area contributed by atoms with Gasteiger partial charge in [-0.25, -0.2) is 18.4 Å². The Kier molecular flexibility index (Phi) is 8.51. The second-order valence-electron chi connectivity index (χ2n) is 8.17. The van der Waals surface area contributed by atoms with E-state index in [0.29, 0.717) is 62.3 Å². The lowest BCUT2D eigenvalue weighted by Gasteiger charge is -2.22. The summed E-state index contributed by atoms with van der Waals surface area (Å²) in [4.78, 5) is 23.4. The summed E-state index contributed by atoms with van der Waals surface area (Å²) in [5, 5.41) is 15.0. The Balaban J connectivity index is 1.89. The fourth-order valence-corrected chi connectivity index (χ4v) is 4.81. The first-order valence-corrected chi connectivity index (χ1v) is 12.7. The van der Waals surface area contributed by atoms with Crippen LogP contribution in [-0.2, 0) is 27.7 Å². The lowest BCUT2D eigenvalue weighted by molar-refractivity contribution is -0.107. The summed E-state index contributed by atoms with van der Waals surface area (Å²) in [5.74, 6) is 0.931. The third-order valence-electron chi connectivity index (χ3n) is 5.81. The van der Waals surface area contributed by atoms with Gasteiger partial charge in [0.1, 0.15) is 22.7 Å². The zero-order valence-corrected chi connectivity index (χ0v) is 20.0. The SMILES string of the molecule is COc1ccc(-c2cc3c(c(S(N)(=O)=O)c2)OCCC3)cc1CCN(CCCCC=O)C(=O)O. The molecule has 3 rings (SSSR count). The van der Waals surface area contributed by atoms with Crippen molar-refractivity contribution in [1.82, 2.24) is 4.90 Å². The molecule has 2 aromatic rings. The third kappa shape index (κ3) is 6.27. The zero-order chi connectivity index (χ0) is 24.7. The highest BCUT2D eigenvalue weighted by molar-refractivity contribution is 7.89. The molecule has 1 amide bonds. The Morgan fingerprint density at radius 3 is 2.68 bits per heavy atom. The molecule has 0 spiro atoms. The van der Waals surface area contributed by atoms with Gasteiger partial charge in [0.25, 0.3) is 0 Å². The van der Waals surface area contributed by atoms with Gasteiger partial charge in [0.05, 0.1) is 13.7 Å². The number of carbonyl (C=O) groups excluding carboxylic acids is 1. The number of nitrogens with two attached hydrogens (primary N) is 1. The maximum atomic E-state index is 12.2. The van der Waals surface area contributed by atoms with Crippen LogP contribution in [0.4, 0.5) is 4.79 Å². The summed E-state index contributed by atoms with van der Waals surface area (Å²) >= 11 is 0. The number of methoxy groups -OCH3 is 1. The standard InChI is InChI=1S/C24H30N2O7S/c1-32-21-8-7-17(14-18(21)9-11-26(24(28)29)10-3-2-4-12-27)20-15-19-6-5-13-33-23(19)22(16-20)34(25,30)31/h7-8,12,14-16H,2-6,9-11,13H2,1H3,(H,28,29)(H2,25,30,31). The molecule has 3 N–H and O–H groups in total. The Morgan fingerprint density at radius 1 is 1.21 bits per heavy atom. The van der Waals surface area contributed by atoms with Crippen molar-refractivity contribution in [3.05, 3.63) is 41.5 Å². The van der Waals surface area contributed by atoms with E-state index < -0.39 is 16.1 Å². The number of sulfonamides is 1. The molecule has 1 aliphatic heterocycles. The van der Waals surface area contributed by atoms with Crippen LogP contribution in [0, 0.1) is 0 Å². The number of carboxylic acid groups (broad SMARTS) is 1. The van der Waals surface area contributed by atoms with Gasteiger partial charge in [-0.3, -0.25) is 0 Å². The van der Waals surface area contributed by atoms with Crippen LogP contribution >= 0.6 is 0 Å². The molecule has 34 heavy (non-hydrogen) atoms. The Hall–Kier alpha value is -3.11. The third-order valence-corrected chi connectivity index (χ3v) is 6.73. The molecule has 0 fully saturated rings. The van der Waals surface area contributed by atoms with E-state index in [2.05, 4.69) is 0 Å². The highest BCUT2D eigenvalue weighted by atomic mass is 32.2. The maximum absolute atomic E-state index is 12.2. The number of benzene rings is 2. The van der Waals surface area contributed by atoms with Gasteiger partial charge in [-0.1, -0.05) is 6.07 Å². The molecule has 1 aliphatic rings. The number of nitrogens with zero attached hydrogens (tertiary/aromatic N) is 1. The second kappa shape index (κ2) is 11.3. The van der Waals surface area contributed by atoms with Crippen molar-refractivity contribution in [3.8, 4) is 22.6 Å². The minimum Gasteiger partial charge on any atom is -0.496 e. The Morgan fingerprint density at radius 2 is 2.00 bits per heavy atom. The lowest BCUT2D eigenvalue weighted by atomic mass is 9.96. The molecule has 0 bridgehead atoms. The predicted molar refractivity (Wildman–Crippen MR) is 127 cm³/mol. The van der Waals surface area contributed by atoms with Crippen LogP contribution in [0.1, 0.15) is 36.8 Å². The van der Waals surface area contributed by atoms with Gasteiger partial charge in [0.2, 0.25) is 10.0 Å². The number of unbranched alkanes of at least 4 members (excludes halogenated alkanes) is 2. The Bertz CT molecular complexity index is 1150. The molecule has 0 saturated heterocycles. The van der Waals surface area contributed by atoms with Crippen LogP contribution in [0.2, 0.25) is 0 Å². The van der Waals surface area contributed by atoms with Gasteiger partial charge in [-0.05, 0) is 78.6 Å². The summed E-state index contributed by atoms with van der Waals surface area (Å²) in [6, 6.07) is 8.91. The fourth-order valence-electron chi connectivity index (χ4n) is 4.07. The zero-order valence-electron chi connectivity index (χ0n) is 19.2. The fraction of sp³-hybridized carbons (Fsp3) is 0.417. The van der Waals surface area contributed by atoms with E-state index >= 15 is 0 Å². The van der Waals surface area contributed by atoms with E-state index in [-0.39, 0.29) is 11.4 Å². The highest BCUT2D eigenvalue weighted by Gasteiger charge is 2.23. The molecular formula is C24H30N2O7S. The van der Waals surface area contributed by atoms with E-state index in [9.17, 15) is 23.1 Å². The van der Waals surface area contributed by atoms with E-state index in [1.807, 2.05) is 18.2 Å². The van der Waals surface area contributed by atoms with Crippen molar-refractivity contribution >= 4 is 22.4 Å². The van der Waals surface area contributed by atoms with Crippen LogP contribution < -0.4 is 14.6 Å². The van der Waals surface area contributed by atoms with E-state index in [0.717, 1.165) is 29.4 Å². The topological polar surface area (TPSA) is 136 Å². The van der Waals surface area contributed by atoms with Gasteiger partial charge in [-0.15, -0.1) is 0 Å². The molecule has 0 aliphatic carbocycles. The van der Waals surface area contributed by atoms with Crippen molar-refractivity contribution in [2.75, 3.05) is 26.8 Å². The van der Waals surface area contributed by atoms with Gasteiger partial charge in [0.15, 0.2) is 0 Å². The predicted octanol–water partition coefficient (Wildman–Crippen LogP) is 3.23. The van der Waals surface area contributed by atoms with Crippen LogP contribution in [-0.4, -0.2) is 57.6 Å². The van der Waals surface area contributed by atoms with Crippen molar-refractivity contribution in [2.24, 2.45) is 5.14 Å². The minimum atomic E-state index is -3.99. The number of amides is 1. The summed E-state index contributed by atoms with van der Waals surface area (Å²) < 4.78 is 35.5. The maximum Gasteiger partial charge on any atom is 0.407 e. The first-order valence-electron chi connectivity index (χ1n) is 11.2. The number of fused-ring (bicyclic) bond motifs is 1. The number of hydrogen-bond donors (Lipinski definition) is 2. The molecule has 9 nitrogen and oxygen atoms in total.